The van der Waals surface area contributed by atoms with E-state index in [1.54, 1.807) is 13.0 Å². The monoisotopic (exact) mass is 256 g/mol. The summed E-state index contributed by atoms with van der Waals surface area (Å²) in [5.41, 5.74) is -0.693. The van der Waals surface area contributed by atoms with Gasteiger partial charge in [-0.2, -0.15) is 0 Å². The molecule has 1 aromatic rings. The Hall–Kier alpha value is -1.86. The topological polar surface area (TPSA) is 105 Å². The molecule has 0 amide bonds. The first kappa shape index (κ1) is 14.2. The SMILES string of the molecule is COc1cc(NC(C)(CO)CO)cc([N+](=O)[O-])c1. The minimum atomic E-state index is -0.958. The Morgan fingerprint density at radius 1 is 1.39 bits per heavy atom. The molecule has 0 aliphatic heterocycles. The van der Waals surface area contributed by atoms with Gasteiger partial charge in [0.05, 0.1) is 36.9 Å². The van der Waals surface area contributed by atoms with Gasteiger partial charge in [-0.05, 0) is 6.92 Å². The molecule has 0 aliphatic carbocycles. The van der Waals surface area contributed by atoms with Crippen LogP contribution in [0.2, 0.25) is 0 Å². The Morgan fingerprint density at radius 3 is 2.44 bits per heavy atom. The third-order valence-corrected chi connectivity index (χ3v) is 2.48. The van der Waals surface area contributed by atoms with Gasteiger partial charge < -0.3 is 20.3 Å². The second-order valence-electron chi connectivity index (χ2n) is 4.18. The molecular weight excluding hydrogens is 240 g/mol. The van der Waals surface area contributed by atoms with Gasteiger partial charge in [-0.1, -0.05) is 0 Å². The summed E-state index contributed by atoms with van der Waals surface area (Å²) in [6, 6.07) is 4.16. The van der Waals surface area contributed by atoms with Gasteiger partial charge in [-0.25, -0.2) is 0 Å². The lowest BCUT2D eigenvalue weighted by Crippen LogP contribution is -2.42. The van der Waals surface area contributed by atoms with E-state index in [-0.39, 0.29) is 18.9 Å². The summed E-state index contributed by atoms with van der Waals surface area (Å²) in [5, 5.41) is 31.9. The lowest BCUT2D eigenvalue weighted by atomic mass is 10.0. The van der Waals surface area contributed by atoms with Gasteiger partial charge in [-0.3, -0.25) is 10.1 Å². The molecule has 0 aromatic heterocycles. The van der Waals surface area contributed by atoms with Crippen LogP contribution in [0, 0.1) is 10.1 Å². The standard InChI is InChI=1S/C11H16N2O5/c1-11(6-14,7-15)12-8-3-9(13(16)17)5-10(4-8)18-2/h3-5,12,14-15H,6-7H2,1-2H3. The third-order valence-electron chi connectivity index (χ3n) is 2.48. The first-order valence-corrected chi connectivity index (χ1v) is 5.27. The number of rotatable bonds is 6. The highest BCUT2D eigenvalue weighted by Gasteiger charge is 2.23. The fourth-order valence-electron chi connectivity index (χ4n) is 1.36. The van der Waals surface area contributed by atoms with Gasteiger partial charge in [0, 0.05) is 17.8 Å². The number of anilines is 1. The minimum Gasteiger partial charge on any atom is -0.496 e. The van der Waals surface area contributed by atoms with Crippen LogP contribution in [-0.2, 0) is 0 Å². The van der Waals surface area contributed by atoms with Gasteiger partial charge in [0.1, 0.15) is 5.75 Å². The van der Waals surface area contributed by atoms with Crippen LogP contribution in [0.25, 0.3) is 0 Å². The average Bonchev–Trinajstić information content (AvgIpc) is 2.38. The van der Waals surface area contributed by atoms with Crippen molar-refractivity contribution >= 4 is 11.4 Å². The van der Waals surface area contributed by atoms with Gasteiger partial charge in [0.2, 0.25) is 0 Å². The van der Waals surface area contributed by atoms with Crippen LogP contribution in [0.15, 0.2) is 18.2 Å². The fraction of sp³-hybridized carbons (Fsp3) is 0.455. The van der Waals surface area contributed by atoms with Crippen molar-refractivity contribution < 1.29 is 19.9 Å². The molecular formula is C11H16N2O5. The predicted molar refractivity (Wildman–Crippen MR) is 65.8 cm³/mol. The number of benzene rings is 1. The molecule has 0 fully saturated rings. The van der Waals surface area contributed by atoms with Gasteiger partial charge >= 0.3 is 0 Å². The first-order chi connectivity index (χ1) is 8.44. The lowest BCUT2D eigenvalue weighted by molar-refractivity contribution is -0.384. The van der Waals surface area contributed by atoms with Gasteiger partial charge in [0.25, 0.3) is 5.69 Å². The maximum Gasteiger partial charge on any atom is 0.275 e. The molecule has 100 valence electrons. The molecule has 1 aromatic carbocycles. The Balaban J connectivity index is 3.08. The number of nitro benzene ring substituents is 1. The number of non-ortho nitro benzene ring substituents is 1. The van der Waals surface area contributed by atoms with E-state index in [0.29, 0.717) is 11.4 Å². The molecule has 3 N–H and O–H groups in total. The molecule has 0 radical (unpaired) electrons. The van der Waals surface area contributed by atoms with E-state index in [0.717, 1.165) is 0 Å². The van der Waals surface area contributed by atoms with Crippen molar-refractivity contribution in [3.8, 4) is 5.75 Å². The summed E-state index contributed by atoms with van der Waals surface area (Å²) < 4.78 is 4.96. The number of ether oxygens (including phenoxy) is 1. The van der Waals surface area contributed by atoms with E-state index in [1.165, 1.54) is 19.2 Å². The highest BCUT2D eigenvalue weighted by atomic mass is 16.6. The average molecular weight is 256 g/mol. The zero-order chi connectivity index (χ0) is 13.8. The summed E-state index contributed by atoms with van der Waals surface area (Å²) in [5.74, 6) is 0.324. The smallest absolute Gasteiger partial charge is 0.275 e. The van der Waals surface area contributed by atoms with Crippen molar-refractivity contribution in [2.45, 2.75) is 12.5 Å². The van der Waals surface area contributed by atoms with Gasteiger partial charge in [-0.15, -0.1) is 0 Å². The summed E-state index contributed by atoms with van der Waals surface area (Å²) in [4.78, 5) is 10.2. The van der Waals surface area contributed by atoms with Crippen LogP contribution in [-0.4, -0.2) is 41.0 Å². The molecule has 18 heavy (non-hydrogen) atoms. The quantitative estimate of drug-likeness (QED) is 0.512. The van der Waals surface area contributed by atoms with Crippen LogP contribution >= 0.6 is 0 Å². The van der Waals surface area contributed by atoms with Crippen LogP contribution in [0.3, 0.4) is 0 Å². The van der Waals surface area contributed by atoms with E-state index in [2.05, 4.69) is 5.32 Å². The number of nitro groups is 1. The number of nitrogens with zero attached hydrogens (tertiary/aromatic N) is 1. The van der Waals surface area contributed by atoms with Crippen molar-refractivity contribution in [2.75, 3.05) is 25.6 Å². The zero-order valence-corrected chi connectivity index (χ0v) is 10.2. The molecule has 0 bridgehead atoms. The van der Waals surface area contributed by atoms with Crippen LogP contribution < -0.4 is 10.1 Å². The second kappa shape index (κ2) is 5.65. The van der Waals surface area contributed by atoms with E-state index in [1.807, 2.05) is 0 Å². The Labute approximate surface area is 104 Å². The summed E-state index contributed by atoms with van der Waals surface area (Å²) in [6.45, 7) is 0.974. The zero-order valence-electron chi connectivity index (χ0n) is 10.2. The maximum absolute atomic E-state index is 10.7. The number of aliphatic hydroxyl groups excluding tert-OH is 2. The maximum atomic E-state index is 10.7. The van der Waals surface area contributed by atoms with Crippen molar-refractivity contribution in [1.82, 2.24) is 0 Å². The van der Waals surface area contributed by atoms with E-state index in [4.69, 9.17) is 14.9 Å². The van der Waals surface area contributed by atoms with Crippen LogP contribution in [0.1, 0.15) is 6.92 Å². The van der Waals surface area contributed by atoms with Crippen molar-refractivity contribution in [3.63, 3.8) is 0 Å². The van der Waals surface area contributed by atoms with Crippen LogP contribution in [0.5, 0.6) is 5.75 Å². The molecule has 0 aliphatic rings. The molecule has 0 unspecified atom stereocenters. The predicted octanol–water partition coefficient (Wildman–Crippen LogP) is 0.759. The summed E-state index contributed by atoms with van der Waals surface area (Å²) in [7, 11) is 1.40. The largest absolute Gasteiger partial charge is 0.496 e. The molecule has 0 saturated heterocycles. The van der Waals surface area contributed by atoms with Crippen molar-refractivity contribution in [1.29, 1.82) is 0 Å². The molecule has 7 nitrogen and oxygen atoms in total. The van der Waals surface area contributed by atoms with Crippen LogP contribution in [0.4, 0.5) is 11.4 Å². The van der Waals surface area contributed by atoms with E-state index < -0.39 is 10.5 Å². The Bertz CT molecular complexity index is 431. The second-order valence-corrected chi connectivity index (χ2v) is 4.18. The molecule has 0 saturated carbocycles. The number of methoxy groups -OCH3 is 1. The highest BCUT2D eigenvalue weighted by Crippen LogP contribution is 2.27. The summed E-state index contributed by atoms with van der Waals surface area (Å²) >= 11 is 0. The molecule has 0 heterocycles. The minimum absolute atomic E-state index is 0.130. The number of aliphatic hydroxyl groups is 2. The number of nitrogens with one attached hydrogen (secondary N) is 1. The van der Waals surface area contributed by atoms with Gasteiger partial charge in [0.15, 0.2) is 0 Å². The van der Waals surface area contributed by atoms with E-state index >= 15 is 0 Å². The van der Waals surface area contributed by atoms with Crippen molar-refractivity contribution in [3.05, 3.63) is 28.3 Å². The number of hydrogen-bond donors (Lipinski definition) is 3. The third kappa shape index (κ3) is 3.31. The molecule has 1 rings (SSSR count). The fourth-order valence-corrected chi connectivity index (χ4v) is 1.36. The highest BCUT2D eigenvalue weighted by molar-refractivity contribution is 5.57. The molecule has 7 heteroatoms. The van der Waals surface area contributed by atoms with E-state index in [9.17, 15) is 10.1 Å². The molecule has 0 atom stereocenters. The molecule has 0 spiro atoms. The first-order valence-electron chi connectivity index (χ1n) is 5.27. The normalized spacial score (nSPS) is 11.1. The van der Waals surface area contributed by atoms with Crippen molar-refractivity contribution in [2.24, 2.45) is 0 Å². The Kier molecular flexibility index (Phi) is 4.46. The Morgan fingerprint density at radius 2 is 2.00 bits per heavy atom. The lowest BCUT2D eigenvalue weighted by Gasteiger charge is -2.27. The summed E-state index contributed by atoms with van der Waals surface area (Å²) in [6.07, 6.45) is 0. The number of hydrogen-bond acceptors (Lipinski definition) is 6.